The van der Waals surface area contributed by atoms with Crippen molar-refractivity contribution in [3.8, 4) is 0 Å². The minimum atomic E-state index is -3.24. The van der Waals surface area contributed by atoms with Crippen LogP contribution in [-0.4, -0.2) is 10.8 Å². The zero-order valence-corrected chi connectivity index (χ0v) is 3.51. The van der Waals surface area contributed by atoms with Crippen LogP contribution in [0.1, 0.15) is 0 Å². The molecule has 4 nitrogen and oxygen atoms in total. The number of rotatable bonds is 1. The molecule has 0 saturated heterocycles. The van der Waals surface area contributed by atoms with E-state index in [1.54, 1.807) is 0 Å². The van der Waals surface area contributed by atoms with Crippen LogP contribution < -0.4 is 0 Å². The Morgan fingerprint density at radius 2 is 1.67 bits per heavy atom. The molecule has 0 aliphatic heterocycles. The van der Waals surface area contributed by atoms with Crippen LogP contribution in [0.15, 0.2) is 0 Å². The lowest BCUT2D eigenvalue weighted by Crippen LogP contribution is -1.72. The second-order valence-corrected chi connectivity index (χ2v) is 1.44. The SMILES string of the molecule is O=C(O)P(=O)=O. The molecule has 0 bridgehead atoms. The Morgan fingerprint density at radius 1 is 1.50 bits per heavy atom. The maximum absolute atomic E-state index is 9.14. The minimum absolute atomic E-state index is 1.79. The molecular weight excluding hydrogens is 107 g/mol. The molecule has 0 radical (unpaired) electrons. The van der Waals surface area contributed by atoms with Crippen molar-refractivity contribution in [1.82, 2.24) is 0 Å². The van der Waals surface area contributed by atoms with Gasteiger partial charge in [-0.1, -0.05) is 0 Å². The molecule has 0 aliphatic carbocycles. The van der Waals surface area contributed by atoms with Gasteiger partial charge in [-0.05, 0) is 0 Å². The summed E-state index contributed by atoms with van der Waals surface area (Å²) in [7, 11) is -3.24. The van der Waals surface area contributed by atoms with Crippen molar-refractivity contribution in [1.29, 1.82) is 0 Å². The maximum Gasteiger partial charge on any atom is 0.429 e. The van der Waals surface area contributed by atoms with E-state index in [0.29, 0.717) is 0 Å². The van der Waals surface area contributed by atoms with Gasteiger partial charge < -0.3 is 5.11 Å². The molecule has 5 heteroatoms. The average Bonchev–Trinajstić information content (AvgIpc) is 1.36. The highest BCUT2D eigenvalue weighted by atomic mass is 31.1. The molecule has 0 unspecified atom stereocenters. The van der Waals surface area contributed by atoms with Crippen LogP contribution in [0.3, 0.4) is 0 Å². The van der Waals surface area contributed by atoms with Crippen LogP contribution in [0.2, 0.25) is 0 Å². The lowest BCUT2D eigenvalue weighted by Gasteiger charge is -1.60. The van der Waals surface area contributed by atoms with Gasteiger partial charge in [0.25, 0.3) is 0 Å². The highest BCUT2D eigenvalue weighted by molar-refractivity contribution is 7.51. The summed E-state index contributed by atoms with van der Waals surface area (Å²) >= 11 is 0. The Labute approximate surface area is 33.6 Å². The van der Waals surface area contributed by atoms with Crippen LogP contribution in [-0.2, 0) is 9.13 Å². The Morgan fingerprint density at radius 3 is 1.67 bits per heavy atom. The van der Waals surface area contributed by atoms with E-state index in [-0.39, 0.29) is 0 Å². The molecular formula is CHO4P. The smallest absolute Gasteiger partial charge is 0.429 e. The van der Waals surface area contributed by atoms with Crippen molar-refractivity contribution in [3.05, 3.63) is 0 Å². The number of carboxylic acid groups (broad SMARTS) is 1. The van der Waals surface area contributed by atoms with Gasteiger partial charge in [0.1, 0.15) is 0 Å². The Balaban J connectivity index is 3.94. The van der Waals surface area contributed by atoms with Gasteiger partial charge in [-0.3, -0.25) is 0 Å². The van der Waals surface area contributed by atoms with E-state index in [4.69, 9.17) is 19.0 Å². The van der Waals surface area contributed by atoms with E-state index in [2.05, 4.69) is 0 Å². The fourth-order valence-corrected chi connectivity index (χ4v) is 0. The molecule has 0 fully saturated rings. The van der Waals surface area contributed by atoms with Crippen molar-refractivity contribution in [2.75, 3.05) is 0 Å². The predicted octanol–water partition coefficient (Wildman–Crippen LogP) is 0.837. The molecule has 0 aromatic carbocycles. The topological polar surface area (TPSA) is 71.4 Å². The van der Waals surface area contributed by atoms with E-state index in [1.807, 2.05) is 0 Å². The molecule has 0 atom stereocenters. The standard InChI is InChI=1S/CHO4P/c2-1(3)6(4)5/h(H,2,3). The van der Waals surface area contributed by atoms with Gasteiger partial charge in [-0.15, -0.1) is 0 Å². The van der Waals surface area contributed by atoms with Gasteiger partial charge in [0.05, 0.1) is 0 Å². The van der Waals surface area contributed by atoms with Crippen LogP contribution in [0.25, 0.3) is 0 Å². The molecule has 0 saturated carbocycles. The molecule has 1 N–H and O–H groups in total. The zero-order chi connectivity index (χ0) is 5.15. The molecule has 0 rings (SSSR count). The van der Waals surface area contributed by atoms with E-state index in [0.717, 1.165) is 0 Å². The van der Waals surface area contributed by atoms with Gasteiger partial charge >= 0.3 is 13.4 Å². The summed E-state index contributed by atoms with van der Waals surface area (Å²) in [4.78, 5) is 9.10. The van der Waals surface area contributed by atoms with Crippen LogP contribution in [0, 0.1) is 0 Å². The second kappa shape index (κ2) is 1.72. The summed E-state index contributed by atoms with van der Waals surface area (Å²) in [6.45, 7) is 0. The zero-order valence-electron chi connectivity index (χ0n) is 2.62. The van der Waals surface area contributed by atoms with E-state index in [1.165, 1.54) is 0 Å². The molecule has 0 heterocycles. The summed E-state index contributed by atoms with van der Waals surface area (Å²) in [6, 6.07) is 0. The van der Waals surface area contributed by atoms with Crippen molar-refractivity contribution in [3.63, 3.8) is 0 Å². The van der Waals surface area contributed by atoms with Gasteiger partial charge in [0.15, 0.2) is 0 Å². The van der Waals surface area contributed by atoms with Crippen molar-refractivity contribution in [2.24, 2.45) is 0 Å². The largest absolute Gasteiger partial charge is 0.470 e. The number of hydrogen-bond acceptors (Lipinski definition) is 3. The summed E-state index contributed by atoms with van der Waals surface area (Å²) in [6.07, 6.45) is 0. The fraction of sp³-hybridized carbons (Fsp3) is 0. The Kier molecular flexibility index (Phi) is 1.54. The van der Waals surface area contributed by atoms with Crippen molar-refractivity contribution >= 4 is 13.4 Å². The minimum Gasteiger partial charge on any atom is -0.470 e. The molecule has 0 spiro atoms. The molecule has 0 aromatic heterocycles. The maximum atomic E-state index is 9.14. The van der Waals surface area contributed by atoms with E-state index < -0.39 is 13.4 Å². The van der Waals surface area contributed by atoms with Gasteiger partial charge in [-0.2, -0.15) is 0 Å². The average molecular weight is 108 g/mol. The molecule has 6 heavy (non-hydrogen) atoms. The van der Waals surface area contributed by atoms with Crippen LogP contribution in [0.5, 0.6) is 0 Å². The van der Waals surface area contributed by atoms with Crippen LogP contribution in [0.4, 0.5) is 4.79 Å². The fourth-order valence-electron chi connectivity index (χ4n) is 0. The molecule has 0 aliphatic rings. The van der Waals surface area contributed by atoms with Gasteiger partial charge in [-0.25, -0.2) is 13.9 Å². The Bertz CT molecular complexity index is 114. The Hall–Kier alpha value is -0.630. The van der Waals surface area contributed by atoms with Crippen LogP contribution >= 0.6 is 7.68 Å². The highest BCUT2D eigenvalue weighted by Gasteiger charge is 1.98. The quantitative estimate of drug-likeness (QED) is 0.505. The third kappa shape index (κ3) is 1.67. The summed E-state index contributed by atoms with van der Waals surface area (Å²) < 4.78 is 18.3. The molecule has 0 aromatic rings. The third-order valence-electron chi connectivity index (χ3n) is 0.156. The van der Waals surface area contributed by atoms with Crippen molar-refractivity contribution in [2.45, 2.75) is 0 Å². The van der Waals surface area contributed by atoms with Gasteiger partial charge in [0.2, 0.25) is 0 Å². The predicted molar refractivity (Wildman–Crippen MR) is 16.3 cm³/mol. The number of hydrogen-bond donors (Lipinski definition) is 1. The third-order valence-corrected chi connectivity index (χ3v) is 0.469. The second-order valence-electron chi connectivity index (χ2n) is 0.540. The molecule has 34 valence electrons. The monoisotopic (exact) mass is 108 g/mol. The normalized spacial score (nSPS) is 7.33. The molecule has 0 amide bonds. The first-order valence-electron chi connectivity index (χ1n) is 1.02. The summed E-state index contributed by atoms with van der Waals surface area (Å²) in [5.74, 6) is 0. The van der Waals surface area contributed by atoms with Gasteiger partial charge in [0, 0.05) is 0 Å². The first-order valence-corrected chi connectivity index (χ1v) is 2.19. The van der Waals surface area contributed by atoms with Crippen molar-refractivity contribution < 1.29 is 19.0 Å². The highest BCUT2D eigenvalue weighted by Crippen LogP contribution is 2.00. The van der Waals surface area contributed by atoms with E-state index in [9.17, 15) is 0 Å². The summed E-state index contributed by atoms with van der Waals surface area (Å²) in [5.41, 5.74) is -1.79. The van der Waals surface area contributed by atoms with E-state index >= 15 is 0 Å². The first kappa shape index (κ1) is 5.37. The lowest BCUT2D eigenvalue weighted by atomic mass is 11.6. The number of carbonyl (C=O) groups is 1. The summed E-state index contributed by atoms with van der Waals surface area (Å²) in [5, 5.41) is 7.39. The first-order chi connectivity index (χ1) is 2.64. The lowest BCUT2D eigenvalue weighted by molar-refractivity contribution is 0.218.